The molecule has 2 unspecified atom stereocenters. The zero-order chi connectivity index (χ0) is 11.5. The smallest absolute Gasteiger partial charge is 0.139 e. The van der Waals surface area contributed by atoms with Crippen molar-refractivity contribution in [2.75, 3.05) is 0 Å². The van der Waals surface area contributed by atoms with Crippen molar-refractivity contribution in [3.8, 4) is 0 Å². The predicted molar refractivity (Wildman–Crippen MR) is 66.7 cm³/mol. The molecule has 0 saturated heterocycles. The average molecular weight is 226 g/mol. The SMILES string of the molecule is O=C1C2CC3CC1CC(c1ccccc1)(C3)C2. The minimum absolute atomic E-state index is 0.353. The zero-order valence-electron chi connectivity index (χ0n) is 10.1. The van der Waals surface area contributed by atoms with Crippen LogP contribution in [0.3, 0.4) is 0 Å². The van der Waals surface area contributed by atoms with E-state index >= 15 is 0 Å². The van der Waals surface area contributed by atoms with Crippen molar-refractivity contribution in [3.63, 3.8) is 0 Å². The molecule has 0 aliphatic heterocycles. The van der Waals surface area contributed by atoms with Crippen LogP contribution in [0.2, 0.25) is 0 Å². The van der Waals surface area contributed by atoms with Crippen molar-refractivity contribution < 1.29 is 4.79 Å². The van der Waals surface area contributed by atoms with E-state index in [4.69, 9.17) is 0 Å². The maximum absolute atomic E-state index is 12.1. The van der Waals surface area contributed by atoms with E-state index < -0.39 is 0 Å². The van der Waals surface area contributed by atoms with E-state index in [-0.39, 0.29) is 0 Å². The van der Waals surface area contributed by atoms with E-state index in [0.717, 1.165) is 18.8 Å². The van der Waals surface area contributed by atoms with Crippen LogP contribution in [0.4, 0.5) is 0 Å². The lowest BCUT2D eigenvalue weighted by Gasteiger charge is -2.56. The zero-order valence-corrected chi connectivity index (χ0v) is 10.1. The van der Waals surface area contributed by atoms with Crippen LogP contribution in [-0.2, 0) is 10.2 Å². The van der Waals surface area contributed by atoms with E-state index in [0.29, 0.717) is 23.0 Å². The summed E-state index contributed by atoms with van der Waals surface area (Å²) in [5, 5.41) is 0. The predicted octanol–water partition coefficient (Wildman–Crippen LogP) is 3.33. The Balaban J connectivity index is 1.79. The fourth-order valence-corrected chi connectivity index (χ4v) is 4.89. The second-order valence-corrected chi connectivity index (χ2v) is 6.39. The quantitative estimate of drug-likeness (QED) is 0.718. The highest BCUT2D eigenvalue weighted by Gasteiger charge is 2.55. The number of carbonyl (C=O) groups is 1. The highest BCUT2D eigenvalue weighted by molar-refractivity contribution is 5.86. The van der Waals surface area contributed by atoms with Crippen LogP contribution in [-0.4, -0.2) is 5.78 Å². The van der Waals surface area contributed by atoms with Crippen LogP contribution in [0, 0.1) is 17.8 Å². The van der Waals surface area contributed by atoms with Gasteiger partial charge in [0.2, 0.25) is 0 Å². The molecule has 4 fully saturated rings. The fraction of sp³-hybridized carbons (Fsp3) is 0.562. The first kappa shape index (κ1) is 9.87. The molecule has 1 aromatic carbocycles. The molecule has 0 heterocycles. The molecular weight excluding hydrogens is 208 g/mol. The molecule has 4 bridgehead atoms. The Bertz CT molecular complexity index is 444. The van der Waals surface area contributed by atoms with Gasteiger partial charge < -0.3 is 0 Å². The summed E-state index contributed by atoms with van der Waals surface area (Å²) < 4.78 is 0. The second kappa shape index (κ2) is 3.22. The highest BCUT2D eigenvalue weighted by Crippen LogP contribution is 2.59. The van der Waals surface area contributed by atoms with Gasteiger partial charge in [0.1, 0.15) is 5.78 Å². The molecule has 1 aromatic rings. The summed E-state index contributed by atoms with van der Waals surface area (Å²) in [4.78, 5) is 12.1. The molecule has 0 N–H and O–H groups in total. The van der Waals surface area contributed by atoms with Crippen molar-refractivity contribution in [1.82, 2.24) is 0 Å². The number of ketones is 1. The van der Waals surface area contributed by atoms with E-state index in [1.54, 1.807) is 0 Å². The van der Waals surface area contributed by atoms with Gasteiger partial charge in [-0.05, 0) is 49.0 Å². The summed E-state index contributed by atoms with van der Waals surface area (Å²) in [5.74, 6) is 2.20. The first-order valence-corrected chi connectivity index (χ1v) is 6.86. The van der Waals surface area contributed by atoms with Gasteiger partial charge in [-0.2, -0.15) is 0 Å². The van der Waals surface area contributed by atoms with Gasteiger partial charge in [-0.1, -0.05) is 30.3 Å². The Morgan fingerprint density at radius 2 is 1.59 bits per heavy atom. The molecule has 4 saturated carbocycles. The van der Waals surface area contributed by atoms with E-state index in [2.05, 4.69) is 30.3 Å². The maximum Gasteiger partial charge on any atom is 0.139 e. The lowest BCUT2D eigenvalue weighted by Crippen LogP contribution is -2.53. The summed E-state index contributed by atoms with van der Waals surface area (Å²) >= 11 is 0. The van der Waals surface area contributed by atoms with Gasteiger partial charge in [-0.15, -0.1) is 0 Å². The van der Waals surface area contributed by atoms with Crippen molar-refractivity contribution >= 4 is 5.78 Å². The standard InChI is InChI=1S/C16H18O/c17-15-12-6-11-7-13(15)10-16(8-11,9-12)14-4-2-1-3-5-14/h1-5,11-13H,6-10H2. The largest absolute Gasteiger partial charge is 0.299 e. The summed E-state index contributed by atoms with van der Waals surface area (Å²) in [7, 11) is 0. The molecule has 5 rings (SSSR count). The lowest BCUT2D eigenvalue weighted by atomic mass is 9.47. The normalized spacial score (nSPS) is 43.1. The second-order valence-electron chi connectivity index (χ2n) is 6.39. The number of hydrogen-bond donors (Lipinski definition) is 0. The minimum Gasteiger partial charge on any atom is -0.299 e. The minimum atomic E-state index is 0.353. The molecular formula is C16H18O. The molecule has 2 atom stereocenters. The van der Waals surface area contributed by atoms with Crippen LogP contribution in [0.1, 0.15) is 37.7 Å². The van der Waals surface area contributed by atoms with Crippen molar-refractivity contribution in [3.05, 3.63) is 35.9 Å². The Kier molecular flexibility index (Phi) is 1.87. The molecule has 1 heteroatoms. The number of Topliss-reactive ketones (excluding diaryl/α,β-unsaturated/α-hetero) is 1. The maximum atomic E-state index is 12.1. The third-order valence-corrected chi connectivity index (χ3v) is 5.38. The van der Waals surface area contributed by atoms with Crippen molar-refractivity contribution in [2.24, 2.45) is 17.8 Å². The van der Waals surface area contributed by atoms with E-state index in [9.17, 15) is 4.79 Å². The van der Waals surface area contributed by atoms with Gasteiger partial charge in [0.25, 0.3) is 0 Å². The third-order valence-electron chi connectivity index (χ3n) is 5.38. The number of benzene rings is 1. The topological polar surface area (TPSA) is 17.1 Å². The first-order chi connectivity index (χ1) is 8.27. The van der Waals surface area contributed by atoms with Gasteiger partial charge in [0, 0.05) is 11.8 Å². The molecule has 1 nitrogen and oxygen atoms in total. The van der Waals surface area contributed by atoms with Crippen LogP contribution < -0.4 is 0 Å². The molecule has 0 amide bonds. The Morgan fingerprint density at radius 3 is 2.24 bits per heavy atom. The van der Waals surface area contributed by atoms with Crippen LogP contribution >= 0.6 is 0 Å². The highest BCUT2D eigenvalue weighted by atomic mass is 16.1. The number of carbonyl (C=O) groups excluding carboxylic acids is 1. The Hall–Kier alpha value is -1.11. The van der Waals surface area contributed by atoms with Crippen molar-refractivity contribution in [2.45, 2.75) is 37.5 Å². The molecule has 88 valence electrons. The van der Waals surface area contributed by atoms with E-state index in [1.165, 1.54) is 24.8 Å². The molecule has 0 aromatic heterocycles. The molecule has 17 heavy (non-hydrogen) atoms. The number of hydrogen-bond acceptors (Lipinski definition) is 1. The van der Waals surface area contributed by atoms with Crippen LogP contribution in [0.25, 0.3) is 0 Å². The van der Waals surface area contributed by atoms with Crippen molar-refractivity contribution in [1.29, 1.82) is 0 Å². The monoisotopic (exact) mass is 226 g/mol. The van der Waals surface area contributed by atoms with Gasteiger partial charge in [-0.25, -0.2) is 0 Å². The van der Waals surface area contributed by atoms with Crippen LogP contribution in [0.15, 0.2) is 30.3 Å². The third kappa shape index (κ3) is 1.28. The summed E-state index contributed by atoms with van der Waals surface area (Å²) in [6, 6.07) is 10.9. The molecule has 4 aliphatic carbocycles. The van der Waals surface area contributed by atoms with Crippen LogP contribution in [0.5, 0.6) is 0 Å². The van der Waals surface area contributed by atoms with Gasteiger partial charge in [0.15, 0.2) is 0 Å². The Morgan fingerprint density at radius 1 is 0.941 bits per heavy atom. The average Bonchev–Trinajstić information content (AvgIpc) is 2.36. The molecule has 4 aliphatic rings. The van der Waals surface area contributed by atoms with Gasteiger partial charge in [0.05, 0.1) is 0 Å². The fourth-order valence-electron chi connectivity index (χ4n) is 4.89. The summed E-state index contributed by atoms with van der Waals surface area (Å²) in [5.41, 5.74) is 1.85. The number of rotatable bonds is 1. The van der Waals surface area contributed by atoms with Gasteiger partial charge >= 0.3 is 0 Å². The molecule has 0 radical (unpaired) electrons. The van der Waals surface area contributed by atoms with Gasteiger partial charge in [-0.3, -0.25) is 4.79 Å². The molecule has 0 spiro atoms. The van der Waals surface area contributed by atoms with E-state index in [1.807, 2.05) is 0 Å². The lowest BCUT2D eigenvalue weighted by molar-refractivity contribution is -0.142. The summed E-state index contributed by atoms with van der Waals surface area (Å²) in [6.45, 7) is 0. The summed E-state index contributed by atoms with van der Waals surface area (Å²) in [6.07, 6.45) is 5.96. The Labute approximate surface area is 102 Å². The first-order valence-electron chi connectivity index (χ1n) is 6.86.